The van der Waals surface area contributed by atoms with Gasteiger partial charge in [0.05, 0.1) is 4.92 Å². The highest BCUT2D eigenvalue weighted by Crippen LogP contribution is 2.30. The molecule has 0 aliphatic heterocycles. The maximum atomic E-state index is 10.9. The van der Waals surface area contributed by atoms with Crippen molar-refractivity contribution in [2.75, 3.05) is 0 Å². The van der Waals surface area contributed by atoms with Crippen molar-refractivity contribution in [2.45, 2.75) is 44.7 Å². The van der Waals surface area contributed by atoms with Crippen molar-refractivity contribution in [3.8, 4) is 0 Å². The number of aromatic nitrogens is 1. The van der Waals surface area contributed by atoms with Crippen LogP contribution in [0.4, 0.5) is 5.69 Å². The SMILES string of the molecule is O=[N+]([O-])c1cccc(CNC2CCC(Cc3cccc4cnccc34)CC2)c1. The van der Waals surface area contributed by atoms with Gasteiger partial charge < -0.3 is 5.32 Å². The lowest BCUT2D eigenvalue weighted by Crippen LogP contribution is -2.33. The number of pyridine rings is 1. The van der Waals surface area contributed by atoms with Crippen LogP contribution in [-0.4, -0.2) is 15.9 Å². The van der Waals surface area contributed by atoms with Gasteiger partial charge in [-0.15, -0.1) is 0 Å². The van der Waals surface area contributed by atoms with Crippen LogP contribution in [0.2, 0.25) is 0 Å². The lowest BCUT2D eigenvalue weighted by Gasteiger charge is -2.29. The quantitative estimate of drug-likeness (QED) is 0.484. The summed E-state index contributed by atoms with van der Waals surface area (Å²) < 4.78 is 0. The fourth-order valence-electron chi connectivity index (χ4n) is 4.29. The molecule has 0 unspecified atom stereocenters. The molecule has 1 N–H and O–H groups in total. The van der Waals surface area contributed by atoms with Crippen LogP contribution in [-0.2, 0) is 13.0 Å². The zero-order valence-corrected chi connectivity index (χ0v) is 15.9. The highest BCUT2D eigenvalue weighted by molar-refractivity contribution is 5.84. The summed E-state index contributed by atoms with van der Waals surface area (Å²) in [6.45, 7) is 0.688. The number of nitrogens with zero attached hydrogens (tertiary/aromatic N) is 2. The Morgan fingerprint density at radius 3 is 2.71 bits per heavy atom. The van der Waals surface area contributed by atoms with E-state index in [9.17, 15) is 10.1 Å². The molecular formula is C23H25N3O2. The van der Waals surface area contributed by atoms with Crippen molar-refractivity contribution in [1.82, 2.24) is 10.3 Å². The lowest BCUT2D eigenvalue weighted by molar-refractivity contribution is -0.384. The first-order valence-electron chi connectivity index (χ1n) is 9.97. The molecule has 1 aliphatic rings. The van der Waals surface area contributed by atoms with Crippen molar-refractivity contribution in [2.24, 2.45) is 5.92 Å². The van der Waals surface area contributed by atoms with Crippen LogP contribution in [0.1, 0.15) is 36.8 Å². The largest absolute Gasteiger partial charge is 0.310 e. The Labute approximate surface area is 165 Å². The maximum absolute atomic E-state index is 10.9. The maximum Gasteiger partial charge on any atom is 0.269 e. The van der Waals surface area contributed by atoms with E-state index in [1.807, 2.05) is 18.5 Å². The molecule has 144 valence electrons. The van der Waals surface area contributed by atoms with Gasteiger partial charge in [0.15, 0.2) is 0 Å². The standard InChI is InChI=1S/C23H25N3O2/c27-26(28)22-6-1-3-18(14-22)15-25-21-9-7-17(8-10-21)13-19-4-2-5-20-16-24-12-11-23(19)20/h1-6,11-12,14,16-17,21,25H,7-10,13,15H2. The minimum absolute atomic E-state index is 0.160. The Hall–Kier alpha value is -2.79. The number of rotatable bonds is 6. The predicted octanol–water partition coefficient (Wildman–Crippen LogP) is 5.03. The summed E-state index contributed by atoms with van der Waals surface area (Å²) in [5, 5.41) is 17.0. The molecule has 4 rings (SSSR count). The van der Waals surface area contributed by atoms with Crippen LogP contribution in [0.15, 0.2) is 60.9 Å². The van der Waals surface area contributed by atoms with Gasteiger partial charge >= 0.3 is 0 Å². The third-order valence-electron chi connectivity index (χ3n) is 5.84. The summed E-state index contributed by atoms with van der Waals surface area (Å²) in [7, 11) is 0. The second kappa shape index (κ2) is 8.48. The molecule has 1 saturated carbocycles. The van der Waals surface area contributed by atoms with Gasteiger partial charge in [0.1, 0.15) is 0 Å². The summed E-state index contributed by atoms with van der Waals surface area (Å²) in [6.07, 6.45) is 9.69. The van der Waals surface area contributed by atoms with Crippen molar-refractivity contribution < 1.29 is 4.92 Å². The molecule has 0 spiro atoms. The summed E-state index contributed by atoms with van der Waals surface area (Å²) in [6, 6.07) is 16.0. The second-order valence-corrected chi connectivity index (χ2v) is 7.74. The number of nitro groups is 1. The molecule has 5 heteroatoms. The van der Waals surface area contributed by atoms with Crippen molar-refractivity contribution in [3.05, 3.63) is 82.2 Å². The Bertz CT molecular complexity index is 959. The lowest BCUT2D eigenvalue weighted by atomic mass is 9.81. The van der Waals surface area contributed by atoms with Gasteiger partial charge in [-0.3, -0.25) is 15.1 Å². The normalized spacial score (nSPS) is 19.6. The molecule has 1 fully saturated rings. The Morgan fingerprint density at radius 2 is 1.89 bits per heavy atom. The van der Waals surface area contributed by atoms with Crippen LogP contribution in [0.25, 0.3) is 10.8 Å². The van der Waals surface area contributed by atoms with Gasteiger partial charge in [-0.05, 0) is 60.6 Å². The van der Waals surface area contributed by atoms with Gasteiger partial charge in [-0.1, -0.05) is 30.3 Å². The van der Waals surface area contributed by atoms with Crippen LogP contribution in [0.3, 0.4) is 0 Å². The molecular weight excluding hydrogens is 350 g/mol. The average Bonchev–Trinajstić information content (AvgIpc) is 2.74. The van der Waals surface area contributed by atoms with E-state index in [2.05, 4.69) is 34.6 Å². The fraction of sp³-hybridized carbons (Fsp3) is 0.348. The van der Waals surface area contributed by atoms with E-state index in [-0.39, 0.29) is 10.6 Å². The number of non-ortho nitro benzene ring substituents is 1. The Balaban J connectivity index is 1.30. The number of fused-ring (bicyclic) bond motifs is 1. The van der Waals surface area contributed by atoms with E-state index in [0.717, 1.165) is 30.7 Å². The summed E-state index contributed by atoms with van der Waals surface area (Å²) >= 11 is 0. The van der Waals surface area contributed by atoms with Crippen LogP contribution >= 0.6 is 0 Å². The summed E-state index contributed by atoms with van der Waals surface area (Å²) in [4.78, 5) is 14.8. The molecule has 0 atom stereocenters. The molecule has 2 aromatic carbocycles. The monoisotopic (exact) mass is 375 g/mol. The zero-order chi connectivity index (χ0) is 19.3. The second-order valence-electron chi connectivity index (χ2n) is 7.74. The average molecular weight is 375 g/mol. The minimum Gasteiger partial charge on any atom is -0.310 e. The van der Waals surface area contributed by atoms with E-state index in [1.54, 1.807) is 12.1 Å². The molecule has 1 aromatic heterocycles. The van der Waals surface area contributed by atoms with E-state index >= 15 is 0 Å². The van der Waals surface area contributed by atoms with E-state index in [4.69, 9.17) is 0 Å². The molecule has 5 nitrogen and oxygen atoms in total. The van der Waals surface area contributed by atoms with Gasteiger partial charge in [0, 0.05) is 42.5 Å². The van der Waals surface area contributed by atoms with Gasteiger partial charge in [0.2, 0.25) is 0 Å². The molecule has 0 radical (unpaired) electrons. The highest BCUT2D eigenvalue weighted by Gasteiger charge is 2.21. The summed E-state index contributed by atoms with van der Waals surface area (Å²) in [5.41, 5.74) is 2.56. The van der Waals surface area contributed by atoms with Crippen molar-refractivity contribution >= 4 is 16.5 Å². The number of nitro benzene ring substituents is 1. The highest BCUT2D eigenvalue weighted by atomic mass is 16.6. The van der Waals surface area contributed by atoms with Gasteiger partial charge in [-0.2, -0.15) is 0 Å². The van der Waals surface area contributed by atoms with Crippen molar-refractivity contribution in [3.63, 3.8) is 0 Å². The first-order valence-corrected chi connectivity index (χ1v) is 9.97. The molecule has 28 heavy (non-hydrogen) atoms. The Kier molecular flexibility index (Phi) is 5.63. The van der Waals surface area contributed by atoms with Gasteiger partial charge in [-0.25, -0.2) is 0 Å². The first-order chi connectivity index (χ1) is 13.7. The van der Waals surface area contributed by atoms with E-state index in [1.165, 1.54) is 35.2 Å². The van der Waals surface area contributed by atoms with Crippen molar-refractivity contribution in [1.29, 1.82) is 0 Å². The molecule has 1 aliphatic carbocycles. The number of benzene rings is 2. The third kappa shape index (κ3) is 4.37. The Morgan fingerprint density at radius 1 is 1.07 bits per heavy atom. The molecule has 1 heterocycles. The number of hydrogen-bond donors (Lipinski definition) is 1. The van der Waals surface area contributed by atoms with Crippen LogP contribution < -0.4 is 5.32 Å². The molecule has 0 saturated heterocycles. The minimum atomic E-state index is -0.335. The fourth-order valence-corrected chi connectivity index (χ4v) is 4.29. The first kappa shape index (κ1) is 18.6. The topological polar surface area (TPSA) is 68.1 Å². The third-order valence-corrected chi connectivity index (χ3v) is 5.84. The molecule has 3 aromatic rings. The van der Waals surface area contributed by atoms with Crippen LogP contribution in [0.5, 0.6) is 0 Å². The molecule has 0 amide bonds. The zero-order valence-electron chi connectivity index (χ0n) is 15.9. The van der Waals surface area contributed by atoms with E-state index in [0.29, 0.717) is 12.6 Å². The van der Waals surface area contributed by atoms with Crippen LogP contribution in [0, 0.1) is 16.0 Å². The number of hydrogen-bond acceptors (Lipinski definition) is 4. The molecule has 0 bridgehead atoms. The summed E-state index contributed by atoms with van der Waals surface area (Å²) in [5.74, 6) is 0.717. The smallest absolute Gasteiger partial charge is 0.269 e. The van der Waals surface area contributed by atoms with Gasteiger partial charge in [0.25, 0.3) is 5.69 Å². The van der Waals surface area contributed by atoms with E-state index < -0.39 is 0 Å². The predicted molar refractivity (Wildman–Crippen MR) is 111 cm³/mol. The number of nitrogens with one attached hydrogen (secondary N) is 1.